The first-order valence-corrected chi connectivity index (χ1v) is 10.2. The Labute approximate surface area is 178 Å². The van der Waals surface area contributed by atoms with Crippen LogP contribution in [0.25, 0.3) is 11.2 Å². The van der Waals surface area contributed by atoms with Gasteiger partial charge >= 0.3 is 5.97 Å². The van der Waals surface area contributed by atoms with Crippen LogP contribution in [0.1, 0.15) is 39.8 Å². The predicted octanol–water partition coefficient (Wildman–Crippen LogP) is 0.800. The molecule has 11 nitrogen and oxygen atoms in total. The molecule has 0 bridgehead atoms. The Hall–Kier alpha value is -2.21. The zero-order chi connectivity index (χ0) is 22.1. The number of hydrogen-bond acceptors (Lipinski definition) is 10. The van der Waals surface area contributed by atoms with Crippen molar-refractivity contribution in [2.45, 2.75) is 63.8 Å². The molecule has 1 fully saturated rings. The smallest absolute Gasteiger partial charge is 0.306 e. The summed E-state index contributed by atoms with van der Waals surface area (Å²) >= 11 is 5.78. The summed E-state index contributed by atoms with van der Waals surface area (Å²) in [6, 6.07) is 0. The molecule has 30 heavy (non-hydrogen) atoms. The molecule has 0 aromatic carbocycles. The number of nitrogen functional groups attached to an aromatic ring is 1. The molecule has 5 N–H and O–H groups in total. The van der Waals surface area contributed by atoms with Gasteiger partial charge in [0, 0.05) is 13.0 Å². The summed E-state index contributed by atoms with van der Waals surface area (Å²) in [6.07, 6.45) is -1.78. The van der Waals surface area contributed by atoms with Gasteiger partial charge in [0.15, 0.2) is 17.7 Å². The number of anilines is 2. The van der Waals surface area contributed by atoms with Gasteiger partial charge in [0.2, 0.25) is 5.95 Å². The van der Waals surface area contributed by atoms with E-state index in [1.165, 1.54) is 10.9 Å². The molecule has 2 aromatic rings. The van der Waals surface area contributed by atoms with Crippen molar-refractivity contribution < 1.29 is 24.5 Å². The Morgan fingerprint density at radius 3 is 2.73 bits per heavy atom. The van der Waals surface area contributed by atoms with E-state index in [4.69, 9.17) is 26.8 Å². The Kier molecular flexibility index (Phi) is 6.65. The normalized spacial score (nSPS) is 24.3. The largest absolute Gasteiger partial charge is 0.460 e. The van der Waals surface area contributed by atoms with Crippen molar-refractivity contribution in [1.82, 2.24) is 19.5 Å². The van der Waals surface area contributed by atoms with E-state index in [-0.39, 0.29) is 30.0 Å². The second kappa shape index (κ2) is 8.88. The van der Waals surface area contributed by atoms with Crippen molar-refractivity contribution in [1.29, 1.82) is 0 Å². The van der Waals surface area contributed by atoms with E-state index < -0.39 is 30.1 Å². The van der Waals surface area contributed by atoms with Gasteiger partial charge in [-0.2, -0.15) is 9.97 Å². The Bertz CT molecular complexity index is 901. The maximum Gasteiger partial charge on any atom is 0.306 e. The van der Waals surface area contributed by atoms with Crippen molar-refractivity contribution in [3.8, 4) is 0 Å². The van der Waals surface area contributed by atoms with Gasteiger partial charge in [-0.3, -0.25) is 9.36 Å². The van der Waals surface area contributed by atoms with Crippen LogP contribution in [0, 0.1) is 0 Å². The minimum atomic E-state index is -1.20. The van der Waals surface area contributed by atoms with Crippen LogP contribution in [-0.2, 0) is 14.3 Å². The number of nitrogens with zero attached hydrogens (tertiary/aromatic N) is 4. The highest BCUT2D eigenvalue weighted by Gasteiger charge is 2.43. The number of imidazole rings is 1. The molecular weight excluding hydrogens is 416 g/mol. The summed E-state index contributed by atoms with van der Waals surface area (Å²) in [5.41, 5.74) is 6.15. The summed E-state index contributed by atoms with van der Waals surface area (Å²) in [5.74, 6) is 0.143. The number of aromatic nitrogens is 4. The third-order valence-corrected chi connectivity index (χ3v) is 4.78. The number of nitrogens with two attached hydrogens (primary N) is 1. The molecule has 1 aliphatic rings. The zero-order valence-electron chi connectivity index (χ0n) is 17.1. The van der Waals surface area contributed by atoms with E-state index in [0.717, 1.165) is 0 Å². The van der Waals surface area contributed by atoms with Gasteiger partial charge in [-0.05, 0) is 27.2 Å². The molecule has 12 heteroatoms. The number of hydrogen-bond donors (Lipinski definition) is 4. The van der Waals surface area contributed by atoms with Crippen LogP contribution in [0.4, 0.5) is 11.8 Å². The number of ether oxygens (including phenoxy) is 2. The van der Waals surface area contributed by atoms with Crippen LogP contribution >= 0.6 is 11.6 Å². The minimum Gasteiger partial charge on any atom is -0.460 e. The summed E-state index contributed by atoms with van der Waals surface area (Å²) in [4.78, 5) is 24.5. The maximum absolute atomic E-state index is 11.8. The fourth-order valence-corrected chi connectivity index (χ4v) is 3.37. The number of carbonyl (C=O) groups excluding carboxylic acids is 1. The summed E-state index contributed by atoms with van der Waals surface area (Å²) in [7, 11) is 0. The summed E-state index contributed by atoms with van der Waals surface area (Å²) in [6.45, 7) is 5.88. The average molecular weight is 443 g/mol. The van der Waals surface area contributed by atoms with Gasteiger partial charge in [-0.15, -0.1) is 11.6 Å². The fraction of sp³-hybridized carbons (Fsp3) is 0.667. The molecule has 1 saturated heterocycles. The van der Waals surface area contributed by atoms with Crippen molar-refractivity contribution in [3.05, 3.63) is 6.33 Å². The van der Waals surface area contributed by atoms with Crippen molar-refractivity contribution in [2.75, 3.05) is 23.5 Å². The molecule has 2 aromatic heterocycles. The first kappa shape index (κ1) is 22.5. The number of aliphatic hydroxyl groups is 2. The van der Waals surface area contributed by atoms with Crippen LogP contribution in [0.2, 0.25) is 0 Å². The van der Waals surface area contributed by atoms with Crippen molar-refractivity contribution in [3.63, 3.8) is 0 Å². The third kappa shape index (κ3) is 4.91. The lowest BCUT2D eigenvalue weighted by atomic mass is 10.1. The number of rotatable bonds is 7. The first-order valence-electron chi connectivity index (χ1n) is 9.64. The average Bonchev–Trinajstić information content (AvgIpc) is 3.19. The number of halogens is 1. The molecule has 3 rings (SSSR count). The molecule has 0 saturated carbocycles. The Balaban J connectivity index is 1.69. The minimum absolute atomic E-state index is 0.0307. The lowest BCUT2D eigenvalue weighted by molar-refractivity contribution is -0.154. The quantitative estimate of drug-likeness (QED) is 0.274. The van der Waals surface area contributed by atoms with E-state index in [1.54, 1.807) is 0 Å². The van der Waals surface area contributed by atoms with E-state index in [2.05, 4.69) is 20.3 Å². The molecular formula is C18H27ClN6O5. The number of fused-ring (bicyclic) bond motifs is 1. The van der Waals surface area contributed by atoms with Gasteiger partial charge in [-0.25, -0.2) is 4.98 Å². The zero-order valence-corrected chi connectivity index (χ0v) is 17.8. The van der Waals surface area contributed by atoms with E-state index in [9.17, 15) is 15.0 Å². The molecule has 166 valence electrons. The monoisotopic (exact) mass is 442 g/mol. The van der Waals surface area contributed by atoms with Gasteiger partial charge in [0.25, 0.3) is 0 Å². The second-order valence-electron chi connectivity index (χ2n) is 8.07. The third-order valence-electron chi connectivity index (χ3n) is 4.47. The van der Waals surface area contributed by atoms with Crippen molar-refractivity contribution >= 4 is 40.5 Å². The molecule has 4 atom stereocenters. The number of alkyl halides is 1. The van der Waals surface area contributed by atoms with Crippen molar-refractivity contribution in [2.24, 2.45) is 0 Å². The molecule has 0 radical (unpaired) electrons. The highest BCUT2D eigenvalue weighted by molar-refractivity contribution is 6.18. The van der Waals surface area contributed by atoms with Crippen LogP contribution < -0.4 is 11.1 Å². The standard InChI is InChI=1S/C18H27ClN6O5/c1-18(2,3)30-10(26)5-4-6-21-17-23-14(20)11-15(24-17)25(8-22-11)16-13(28)12(27)9(7-19)29-16/h8-9,12-13,16,27-28H,4-7H2,1-3H3,(H3,20,21,23,24)/t9-,12-,13-,16-/m1/s1. The van der Waals surface area contributed by atoms with E-state index >= 15 is 0 Å². The molecule has 3 heterocycles. The first-order chi connectivity index (χ1) is 14.1. The topological polar surface area (TPSA) is 158 Å². The SMILES string of the molecule is CC(C)(C)OC(=O)CCCNc1nc(N)c2ncn([C@@H]3O[C@H](CCl)[C@@H](O)[C@H]3O)c2n1. The molecule has 1 aliphatic heterocycles. The highest BCUT2D eigenvalue weighted by Crippen LogP contribution is 2.32. The molecule has 0 amide bonds. The number of carbonyl (C=O) groups is 1. The van der Waals surface area contributed by atoms with Gasteiger partial charge in [0.1, 0.15) is 29.4 Å². The predicted molar refractivity (Wildman–Crippen MR) is 110 cm³/mol. The lowest BCUT2D eigenvalue weighted by Crippen LogP contribution is -2.32. The number of aliphatic hydroxyl groups excluding tert-OH is 2. The Morgan fingerprint density at radius 1 is 1.37 bits per heavy atom. The highest BCUT2D eigenvalue weighted by atomic mass is 35.5. The Morgan fingerprint density at radius 2 is 2.10 bits per heavy atom. The number of esters is 1. The van der Waals surface area contributed by atoms with E-state index in [0.29, 0.717) is 24.1 Å². The van der Waals surface area contributed by atoms with Crippen LogP contribution in [0.15, 0.2) is 6.33 Å². The van der Waals surface area contributed by atoms with Crippen LogP contribution in [0.3, 0.4) is 0 Å². The van der Waals surface area contributed by atoms with Crippen LogP contribution in [0.5, 0.6) is 0 Å². The maximum atomic E-state index is 11.8. The van der Waals surface area contributed by atoms with Gasteiger partial charge < -0.3 is 30.7 Å². The van der Waals surface area contributed by atoms with Gasteiger partial charge in [0.05, 0.1) is 12.2 Å². The van der Waals surface area contributed by atoms with E-state index in [1.807, 2.05) is 20.8 Å². The van der Waals surface area contributed by atoms with Gasteiger partial charge in [-0.1, -0.05) is 0 Å². The summed E-state index contributed by atoms with van der Waals surface area (Å²) < 4.78 is 12.4. The summed E-state index contributed by atoms with van der Waals surface area (Å²) in [5, 5.41) is 23.4. The van der Waals surface area contributed by atoms with Crippen LogP contribution in [-0.4, -0.2) is 72.0 Å². The molecule has 0 aliphatic carbocycles. The molecule has 0 unspecified atom stereocenters. The molecule has 0 spiro atoms. The fourth-order valence-electron chi connectivity index (χ4n) is 3.12. The number of nitrogens with one attached hydrogen (secondary N) is 1. The second-order valence-corrected chi connectivity index (χ2v) is 8.38. The lowest BCUT2D eigenvalue weighted by Gasteiger charge is -2.19.